The highest BCUT2D eigenvalue weighted by Gasteiger charge is 2.27. The van der Waals surface area contributed by atoms with E-state index >= 15 is 0 Å². The monoisotopic (exact) mass is 276 g/mol. The molecule has 1 aliphatic carbocycles. The van der Waals surface area contributed by atoms with Crippen molar-refractivity contribution in [2.45, 2.75) is 45.1 Å². The Kier molecular flexibility index (Phi) is 5.12. The molecule has 0 aromatic heterocycles. The minimum Gasteiger partial charge on any atom is -0.317 e. The van der Waals surface area contributed by atoms with Crippen molar-refractivity contribution < 1.29 is 4.92 Å². The first-order valence-corrected chi connectivity index (χ1v) is 7.50. The van der Waals surface area contributed by atoms with Crippen LogP contribution in [0.15, 0.2) is 24.3 Å². The molecule has 1 saturated carbocycles. The third-order valence-corrected chi connectivity index (χ3v) is 4.57. The minimum atomic E-state index is -0.344. The van der Waals surface area contributed by atoms with Gasteiger partial charge in [0.1, 0.15) is 0 Å². The number of nitro benzene ring substituents is 1. The van der Waals surface area contributed by atoms with E-state index in [1.807, 2.05) is 12.1 Å². The van der Waals surface area contributed by atoms with Gasteiger partial charge in [-0.05, 0) is 56.6 Å². The van der Waals surface area contributed by atoms with Crippen molar-refractivity contribution >= 4 is 5.69 Å². The summed E-state index contributed by atoms with van der Waals surface area (Å²) in [5.41, 5.74) is 1.37. The van der Waals surface area contributed by atoms with E-state index in [0.29, 0.717) is 6.04 Å². The number of aryl methyl sites for hydroxylation is 1. The highest BCUT2D eigenvalue weighted by atomic mass is 16.6. The molecule has 0 bridgehead atoms. The molecule has 0 aliphatic heterocycles. The van der Waals surface area contributed by atoms with E-state index in [-0.39, 0.29) is 10.6 Å². The molecule has 1 N–H and O–H groups in total. The third-order valence-electron chi connectivity index (χ3n) is 4.57. The molecule has 0 heterocycles. The molecular weight excluding hydrogens is 252 g/mol. The molecule has 20 heavy (non-hydrogen) atoms. The molecule has 0 spiro atoms. The quantitative estimate of drug-likeness (QED) is 0.661. The number of nitro groups is 1. The Labute approximate surface area is 120 Å². The van der Waals surface area contributed by atoms with Gasteiger partial charge >= 0.3 is 0 Å². The lowest BCUT2D eigenvalue weighted by Gasteiger charge is -2.35. The largest absolute Gasteiger partial charge is 0.317 e. The van der Waals surface area contributed by atoms with Crippen molar-refractivity contribution in [3.8, 4) is 0 Å². The van der Waals surface area contributed by atoms with Gasteiger partial charge in [0.15, 0.2) is 0 Å². The first kappa shape index (κ1) is 15.0. The average molecular weight is 276 g/mol. The first-order chi connectivity index (χ1) is 9.60. The number of hydrogen-bond donors (Lipinski definition) is 1. The number of non-ortho nitro benzene ring substituents is 1. The van der Waals surface area contributed by atoms with E-state index in [2.05, 4.69) is 19.3 Å². The summed E-state index contributed by atoms with van der Waals surface area (Å²) >= 11 is 0. The van der Waals surface area contributed by atoms with Crippen LogP contribution in [0.4, 0.5) is 5.69 Å². The second kappa shape index (κ2) is 6.84. The van der Waals surface area contributed by atoms with E-state index in [1.165, 1.54) is 24.8 Å². The summed E-state index contributed by atoms with van der Waals surface area (Å²) in [5.74, 6) is 1.54. The Morgan fingerprint density at radius 2 is 2.00 bits per heavy atom. The molecule has 4 nitrogen and oxygen atoms in total. The topological polar surface area (TPSA) is 55.2 Å². The second-order valence-corrected chi connectivity index (χ2v) is 6.04. The van der Waals surface area contributed by atoms with Gasteiger partial charge in [0.25, 0.3) is 5.69 Å². The van der Waals surface area contributed by atoms with Crippen molar-refractivity contribution in [2.24, 2.45) is 11.8 Å². The Morgan fingerprint density at radius 1 is 1.30 bits per heavy atom. The Balaban J connectivity index is 1.91. The Hall–Kier alpha value is -1.42. The van der Waals surface area contributed by atoms with Gasteiger partial charge in [-0.3, -0.25) is 10.1 Å². The highest BCUT2D eigenvalue weighted by molar-refractivity contribution is 5.32. The summed E-state index contributed by atoms with van der Waals surface area (Å²) in [6.45, 7) is 2.34. The van der Waals surface area contributed by atoms with E-state index < -0.39 is 0 Å². The van der Waals surface area contributed by atoms with Gasteiger partial charge in [-0.25, -0.2) is 0 Å². The SMILES string of the molecule is CNC1CCC(C)CC1CCc1ccc([N+](=O)[O-])cc1. The summed E-state index contributed by atoms with van der Waals surface area (Å²) in [4.78, 5) is 10.3. The molecule has 1 aromatic rings. The van der Waals surface area contributed by atoms with Crippen LogP contribution < -0.4 is 5.32 Å². The van der Waals surface area contributed by atoms with Crippen LogP contribution in [0.1, 0.15) is 38.2 Å². The number of nitrogens with one attached hydrogen (secondary N) is 1. The summed E-state index contributed by atoms with van der Waals surface area (Å²) in [6, 6.07) is 7.62. The smallest absolute Gasteiger partial charge is 0.269 e. The van der Waals surface area contributed by atoms with Crippen LogP contribution in [0.5, 0.6) is 0 Å². The van der Waals surface area contributed by atoms with E-state index in [9.17, 15) is 10.1 Å². The molecular formula is C16H24N2O2. The third kappa shape index (κ3) is 3.79. The predicted octanol–water partition coefficient (Wildman–Crippen LogP) is 3.55. The molecule has 0 saturated heterocycles. The average Bonchev–Trinajstić information content (AvgIpc) is 2.45. The molecule has 0 radical (unpaired) electrons. The molecule has 3 atom stereocenters. The first-order valence-electron chi connectivity index (χ1n) is 7.50. The van der Waals surface area contributed by atoms with E-state index in [0.717, 1.165) is 24.7 Å². The summed E-state index contributed by atoms with van der Waals surface area (Å²) in [7, 11) is 2.06. The molecule has 1 aromatic carbocycles. The number of nitrogens with zero attached hydrogens (tertiary/aromatic N) is 1. The van der Waals surface area contributed by atoms with Crippen molar-refractivity contribution in [2.75, 3.05) is 7.05 Å². The molecule has 2 rings (SSSR count). The van der Waals surface area contributed by atoms with Gasteiger partial charge in [0.2, 0.25) is 0 Å². The fraction of sp³-hybridized carbons (Fsp3) is 0.625. The van der Waals surface area contributed by atoms with Crippen LogP contribution in [0.25, 0.3) is 0 Å². The van der Waals surface area contributed by atoms with Gasteiger partial charge in [0, 0.05) is 18.2 Å². The normalized spacial score (nSPS) is 26.4. The lowest BCUT2D eigenvalue weighted by Crippen LogP contribution is -2.38. The summed E-state index contributed by atoms with van der Waals surface area (Å²) < 4.78 is 0. The standard InChI is InChI=1S/C16H24N2O2/c1-12-3-10-16(17-2)14(11-12)7-4-13-5-8-15(9-6-13)18(19)20/h5-6,8-9,12,14,16-17H,3-4,7,10-11H2,1-2H3. The van der Waals surface area contributed by atoms with Gasteiger partial charge in [-0.1, -0.05) is 19.1 Å². The predicted molar refractivity (Wildman–Crippen MR) is 80.8 cm³/mol. The minimum absolute atomic E-state index is 0.174. The maximum atomic E-state index is 10.6. The zero-order chi connectivity index (χ0) is 14.5. The van der Waals surface area contributed by atoms with Crippen LogP contribution in [0.2, 0.25) is 0 Å². The van der Waals surface area contributed by atoms with Crippen LogP contribution in [-0.4, -0.2) is 18.0 Å². The molecule has 0 amide bonds. The molecule has 3 unspecified atom stereocenters. The van der Waals surface area contributed by atoms with Crippen molar-refractivity contribution in [3.63, 3.8) is 0 Å². The molecule has 4 heteroatoms. The van der Waals surface area contributed by atoms with Crippen LogP contribution >= 0.6 is 0 Å². The van der Waals surface area contributed by atoms with Gasteiger partial charge in [-0.15, -0.1) is 0 Å². The maximum absolute atomic E-state index is 10.6. The lowest BCUT2D eigenvalue weighted by atomic mass is 9.76. The van der Waals surface area contributed by atoms with Crippen molar-refractivity contribution in [1.29, 1.82) is 0 Å². The fourth-order valence-electron chi connectivity index (χ4n) is 3.33. The van der Waals surface area contributed by atoms with Crippen LogP contribution in [0.3, 0.4) is 0 Å². The zero-order valence-electron chi connectivity index (χ0n) is 12.3. The van der Waals surface area contributed by atoms with Crippen molar-refractivity contribution in [1.82, 2.24) is 5.32 Å². The maximum Gasteiger partial charge on any atom is 0.269 e. The Bertz CT molecular complexity index is 444. The van der Waals surface area contributed by atoms with E-state index in [4.69, 9.17) is 0 Å². The molecule has 110 valence electrons. The van der Waals surface area contributed by atoms with E-state index in [1.54, 1.807) is 12.1 Å². The second-order valence-electron chi connectivity index (χ2n) is 6.04. The number of hydrogen-bond acceptors (Lipinski definition) is 3. The van der Waals surface area contributed by atoms with Gasteiger partial charge < -0.3 is 5.32 Å². The van der Waals surface area contributed by atoms with Crippen molar-refractivity contribution in [3.05, 3.63) is 39.9 Å². The highest BCUT2D eigenvalue weighted by Crippen LogP contribution is 2.32. The zero-order valence-corrected chi connectivity index (χ0v) is 12.3. The fourth-order valence-corrected chi connectivity index (χ4v) is 3.33. The lowest BCUT2D eigenvalue weighted by molar-refractivity contribution is -0.384. The van der Waals surface area contributed by atoms with Crippen LogP contribution in [0, 0.1) is 22.0 Å². The van der Waals surface area contributed by atoms with Gasteiger partial charge in [0.05, 0.1) is 4.92 Å². The molecule has 1 fully saturated rings. The molecule has 1 aliphatic rings. The Morgan fingerprint density at radius 3 is 2.60 bits per heavy atom. The summed E-state index contributed by atoms with van der Waals surface area (Å²) in [5, 5.41) is 14.1. The number of benzene rings is 1. The van der Waals surface area contributed by atoms with Crippen LogP contribution in [-0.2, 0) is 6.42 Å². The van der Waals surface area contributed by atoms with Gasteiger partial charge in [-0.2, -0.15) is 0 Å². The number of rotatable bonds is 5. The summed E-state index contributed by atoms with van der Waals surface area (Å²) in [6.07, 6.45) is 6.04.